The third-order valence-electron chi connectivity index (χ3n) is 5.99. The molecule has 4 aromatic rings. The first-order valence-corrected chi connectivity index (χ1v) is 10.3. The number of rotatable bonds is 3. The lowest BCUT2D eigenvalue weighted by atomic mass is 9.94. The van der Waals surface area contributed by atoms with Crippen LogP contribution in [0.25, 0.3) is 16.9 Å². The zero-order valence-electron chi connectivity index (χ0n) is 17.8. The summed E-state index contributed by atoms with van der Waals surface area (Å²) in [5.41, 5.74) is 3.28. The maximum absolute atomic E-state index is 13.9. The molecule has 0 fully saturated rings. The lowest BCUT2D eigenvalue weighted by Gasteiger charge is -2.33. The normalized spacial score (nSPS) is 15.5. The Morgan fingerprint density at radius 3 is 2.42 bits per heavy atom. The molecule has 0 N–H and O–H groups in total. The van der Waals surface area contributed by atoms with Gasteiger partial charge in [0.25, 0.3) is 5.91 Å². The molecule has 0 spiro atoms. The Morgan fingerprint density at radius 2 is 1.73 bits per heavy atom. The van der Waals surface area contributed by atoms with Crippen LogP contribution in [-0.4, -0.2) is 41.9 Å². The van der Waals surface area contributed by atoms with Crippen LogP contribution in [0.5, 0.6) is 0 Å². The average Bonchev–Trinajstić information content (AvgIpc) is 3.45. The molecule has 168 valence electrons. The Hall–Kier alpha value is -3.95. The van der Waals surface area contributed by atoms with Crippen LogP contribution in [-0.2, 0) is 13.5 Å². The number of para-hydroxylation sites is 1. The monoisotopic (exact) mass is 452 g/mol. The number of hydrogen-bond donors (Lipinski definition) is 0. The van der Waals surface area contributed by atoms with Crippen molar-refractivity contribution in [1.29, 1.82) is 0 Å². The minimum Gasteiger partial charge on any atom is -0.330 e. The summed E-state index contributed by atoms with van der Waals surface area (Å²) in [5, 5.41) is 12.2. The van der Waals surface area contributed by atoms with Crippen molar-refractivity contribution in [3.05, 3.63) is 83.3 Å². The van der Waals surface area contributed by atoms with E-state index >= 15 is 0 Å². The fourth-order valence-corrected chi connectivity index (χ4v) is 4.43. The van der Waals surface area contributed by atoms with Crippen LogP contribution in [0.4, 0.5) is 13.2 Å². The third kappa shape index (κ3) is 3.38. The van der Waals surface area contributed by atoms with Crippen molar-refractivity contribution in [2.45, 2.75) is 19.4 Å². The smallest absolute Gasteiger partial charge is 0.256 e. The van der Waals surface area contributed by atoms with Gasteiger partial charge in [-0.3, -0.25) is 14.0 Å². The van der Waals surface area contributed by atoms with Gasteiger partial charge in [-0.2, -0.15) is 5.10 Å². The number of hydrogen-bond acceptors (Lipinski definition) is 4. The van der Waals surface area contributed by atoms with Gasteiger partial charge in [0, 0.05) is 24.7 Å². The summed E-state index contributed by atoms with van der Waals surface area (Å²) in [5.74, 6) is -4.20. The van der Waals surface area contributed by atoms with E-state index < -0.39 is 17.5 Å². The van der Waals surface area contributed by atoms with Crippen LogP contribution in [0.1, 0.15) is 34.6 Å². The van der Waals surface area contributed by atoms with Crippen LogP contribution in [0.3, 0.4) is 0 Å². The Kier molecular flexibility index (Phi) is 4.99. The van der Waals surface area contributed by atoms with E-state index in [1.807, 2.05) is 19.1 Å². The molecule has 0 saturated carbocycles. The molecule has 33 heavy (non-hydrogen) atoms. The van der Waals surface area contributed by atoms with Gasteiger partial charge in [0.2, 0.25) is 0 Å². The highest BCUT2D eigenvalue weighted by molar-refractivity contribution is 5.98. The number of carbonyl (C=O) groups is 1. The largest absolute Gasteiger partial charge is 0.330 e. The SMILES string of the molecule is C[C@H]1c2nn(C)c(-c3cc(F)c(F)c(F)c3)c2CCN1C(=O)c1ccccc1-n1cnnc1. The van der Waals surface area contributed by atoms with Gasteiger partial charge in [-0.1, -0.05) is 12.1 Å². The molecule has 10 heteroatoms. The molecule has 0 radical (unpaired) electrons. The zero-order chi connectivity index (χ0) is 23.3. The maximum Gasteiger partial charge on any atom is 0.256 e. The van der Waals surface area contributed by atoms with Crippen molar-refractivity contribution >= 4 is 5.91 Å². The molecule has 1 aliphatic rings. The lowest BCUT2D eigenvalue weighted by molar-refractivity contribution is 0.0673. The van der Waals surface area contributed by atoms with E-state index in [1.165, 1.54) is 17.3 Å². The summed E-state index contributed by atoms with van der Waals surface area (Å²) >= 11 is 0. The number of benzene rings is 2. The highest BCUT2D eigenvalue weighted by Gasteiger charge is 2.34. The molecule has 1 aliphatic heterocycles. The number of halogens is 3. The van der Waals surface area contributed by atoms with Crippen LogP contribution in [0.15, 0.2) is 49.1 Å². The number of nitrogens with zero attached hydrogens (tertiary/aromatic N) is 6. The number of aromatic nitrogens is 5. The van der Waals surface area contributed by atoms with E-state index in [9.17, 15) is 18.0 Å². The summed E-state index contributed by atoms with van der Waals surface area (Å²) < 4.78 is 44.4. The van der Waals surface area contributed by atoms with Crippen LogP contribution >= 0.6 is 0 Å². The summed E-state index contributed by atoms with van der Waals surface area (Å²) in [6, 6.07) is 8.72. The molecule has 0 saturated heterocycles. The average molecular weight is 452 g/mol. The number of aryl methyl sites for hydroxylation is 1. The van der Waals surface area contributed by atoms with Gasteiger partial charge < -0.3 is 4.90 Å². The minimum atomic E-state index is -1.51. The van der Waals surface area contributed by atoms with Gasteiger partial charge in [0.05, 0.1) is 28.7 Å². The van der Waals surface area contributed by atoms with Gasteiger partial charge in [-0.15, -0.1) is 10.2 Å². The van der Waals surface area contributed by atoms with E-state index in [-0.39, 0.29) is 17.5 Å². The maximum atomic E-state index is 13.9. The minimum absolute atomic E-state index is 0.177. The Balaban J connectivity index is 1.52. The van der Waals surface area contributed by atoms with E-state index in [1.54, 1.807) is 28.6 Å². The van der Waals surface area contributed by atoms with Crippen molar-refractivity contribution in [3.8, 4) is 16.9 Å². The number of fused-ring (bicyclic) bond motifs is 1. The van der Waals surface area contributed by atoms with Gasteiger partial charge in [-0.05, 0) is 37.6 Å². The molecule has 0 unspecified atom stereocenters. The molecule has 0 aliphatic carbocycles. The Labute approximate surface area is 187 Å². The van der Waals surface area contributed by atoms with E-state index in [0.29, 0.717) is 35.6 Å². The van der Waals surface area contributed by atoms with Gasteiger partial charge in [0.1, 0.15) is 12.7 Å². The van der Waals surface area contributed by atoms with Gasteiger partial charge in [0.15, 0.2) is 17.5 Å². The standard InChI is InChI=1S/C23H19F3N6O/c1-13-21-16(22(30(2)29-21)14-9-17(24)20(26)18(25)10-14)7-8-32(13)23(33)15-5-3-4-6-19(15)31-11-27-28-12-31/h3-6,9-13H,7-8H2,1-2H3/t13-/m0/s1. The predicted octanol–water partition coefficient (Wildman–Crippen LogP) is 3.84. The summed E-state index contributed by atoms with van der Waals surface area (Å²) in [7, 11) is 1.66. The summed E-state index contributed by atoms with van der Waals surface area (Å²) in [6.07, 6.45) is 3.48. The van der Waals surface area contributed by atoms with Crippen LogP contribution in [0.2, 0.25) is 0 Å². The van der Waals surface area contributed by atoms with E-state index in [4.69, 9.17) is 0 Å². The van der Waals surface area contributed by atoms with Crippen molar-refractivity contribution in [2.24, 2.45) is 7.05 Å². The fourth-order valence-electron chi connectivity index (χ4n) is 4.43. The molecule has 5 rings (SSSR count). The quantitative estimate of drug-likeness (QED) is 0.443. The molecule has 2 aromatic heterocycles. The number of carbonyl (C=O) groups excluding carboxylic acids is 1. The van der Waals surface area contributed by atoms with Crippen molar-refractivity contribution in [2.75, 3.05) is 6.54 Å². The number of amides is 1. The van der Waals surface area contributed by atoms with E-state index in [2.05, 4.69) is 15.3 Å². The Bertz CT molecular complexity index is 1340. The van der Waals surface area contributed by atoms with Crippen LogP contribution < -0.4 is 0 Å². The summed E-state index contributed by atoms with van der Waals surface area (Å²) in [4.78, 5) is 15.2. The molecule has 0 bridgehead atoms. The first kappa shape index (κ1) is 20.9. The summed E-state index contributed by atoms with van der Waals surface area (Å²) in [6.45, 7) is 2.24. The van der Waals surface area contributed by atoms with E-state index in [0.717, 1.165) is 17.7 Å². The molecule has 3 heterocycles. The first-order chi connectivity index (χ1) is 15.9. The van der Waals surface area contributed by atoms with Gasteiger partial charge in [-0.25, -0.2) is 13.2 Å². The first-order valence-electron chi connectivity index (χ1n) is 10.3. The Morgan fingerprint density at radius 1 is 1.06 bits per heavy atom. The van der Waals surface area contributed by atoms with Crippen molar-refractivity contribution in [1.82, 2.24) is 29.4 Å². The highest BCUT2D eigenvalue weighted by atomic mass is 19.2. The second-order valence-corrected chi connectivity index (χ2v) is 7.90. The molecule has 1 amide bonds. The zero-order valence-corrected chi connectivity index (χ0v) is 17.8. The predicted molar refractivity (Wildman–Crippen MR) is 113 cm³/mol. The van der Waals surface area contributed by atoms with Crippen molar-refractivity contribution < 1.29 is 18.0 Å². The highest BCUT2D eigenvalue weighted by Crippen LogP contribution is 2.37. The van der Waals surface area contributed by atoms with Crippen LogP contribution in [0, 0.1) is 17.5 Å². The van der Waals surface area contributed by atoms with Crippen molar-refractivity contribution in [3.63, 3.8) is 0 Å². The fraction of sp³-hybridized carbons (Fsp3) is 0.217. The second-order valence-electron chi connectivity index (χ2n) is 7.90. The molecular weight excluding hydrogens is 433 g/mol. The molecule has 1 atom stereocenters. The van der Waals surface area contributed by atoms with Gasteiger partial charge >= 0.3 is 0 Å². The lowest BCUT2D eigenvalue weighted by Crippen LogP contribution is -2.39. The molecular formula is C23H19F3N6O. The molecule has 2 aromatic carbocycles. The third-order valence-corrected chi connectivity index (χ3v) is 5.99. The molecule has 7 nitrogen and oxygen atoms in total. The topological polar surface area (TPSA) is 68.8 Å². The second kappa shape index (κ2) is 7.88.